The molecule has 0 amide bonds. The van der Waals surface area contributed by atoms with Gasteiger partial charge in [0.05, 0.1) is 10.2 Å². The van der Waals surface area contributed by atoms with Crippen LogP contribution in [0.3, 0.4) is 0 Å². The van der Waals surface area contributed by atoms with Crippen LogP contribution in [0.15, 0.2) is 10.8 Å². The van der Waals surface area contributed by atoms with Gasteiger partial charge < -0.3 is 5.32 Å². The molecule has 2 N–H and O–H groups in total. The third-order valence-corrected chi connectivity index (χ3v) is 4.37. The van der Waals surface area contributed by atoms with E-state index in [2.05, 4.69) is 48.3 Å². The summed E-state index contributed by atoms with van der Waals surface area (Å²) in [6, 6.07) is 0. The number of nitrogens with zero attached hydrogens (tertiary/aromatic N) is 4. The molecule has 1 saturated carbocycles. The maximum absolute atomic E-state index is 4.71. The Labute approximate surface area is 126 Å². The van der Waals surface area contributed by atoms with Crippen molar-refractivity contribution in [3.63, 3.8) is 0 Å². The number of anilines is 1. The van der Waals surface area contributed by atoms with Gasteiger partial charge in [-0.15, -0.1) is 0 Å². The Morgan fingerprint density at radius 3 is 2.80 bits per heavy atom. The van der Waals surface area contributed by atoms with Crippen LogP contribution in [-0.4, -0.2) is 31.7 Å². The SMILES string of the molecule is CCNc1nc(-c2ncn[nH]2)nc(C2CCCC2)c1Br. The number of nitrogens with one attached hydrogen (secondary N) is 2. The van der Waals surface area contributed by atoms with Gasteiger partial charge in [0.25, 0.3) is 0 Å². The third-order valence-electron chi connectivity index (χ3n) is 3.59. The summed E-state index contributed by atoms with van der Waals surface area (Å²) < 4.78 is 0.981. The molecule has 3 rings (SSSR count). The van der Waals surface area contributed by atoms with Crippen molar-refractivity contribution >= 4 is 21.7 Å². The van der Waals surface area contributed by atoms with Crippen LogP contribution in [-0.2, 0) is 0 Å². The lowest BCUT2D eigenvalue weighted by Gasteiger charge is -2.15. The molecule has 20 heavy (non-hydrogen) atoms. The third kappa shape index (κ3) is 2.54. The van der Waals surface area contributed by atoms with Crippen molar-refractivity contribution in [2.24, 2.45) is 0 Å². The highest BCUT2D eigenvalue weighted by Crippen LogP contribution is 2.39. The first-order valence-corrected chi connectivity index (χ1v) is 7.76. The summed E-state index contributed by atoms with van der Waals surface area (Å²) in [6.45, 7) is 2.87. The van der Waals surface area contributed by atoms with Gasteiger partial charge in [0, 0.05) is 12.5 Å². The second kappa shape index (κ2) is 5.87. The van der Waals surface area contributed by atoms with Gasteiger partial charge >= 0.3 is 0 Å². The van der Waals surface area contributed by atoms with Crippen molar-refractivity contribution in [1.29, 1.82) is 0 Å². The van der Waals surface area contributed by atoms with E-state index >= 15 is 0 Å². The highest BCUT2D eigenvalue weighted by molar-refractivity contribution is 9.10. The van der Waals surface area contributed by atoms with Gasteiger partial charge in [0.15, 0.2) is 11.6 Å². The molecule has 1 aliphatic rings. The fourth-order valence-corrected chi connectivity index (χ4v) is 3.28. The fourth-order valence-electron chi connectivity index (χ4n) is 2.64. The van der Waals surface area contributed by atoms with E-state index in [1.807, 2.05) is 0 Å². The highest BCUT2D eigenvalue weighted by atomic mass is 79.9. The van der Waals surface area contributed by atoms with Crippen LogP contribution in [0.4, 0.5) is 5.82 Å². The van der Waals surface area contributed by atoms with Crippen molar-refractivity contribution < 1.29 is 0 Å². The standard InChI is InChI=1S/C13H17BrN6/c1-2-15-11-9(14)10(8-5-3-4-6-8)18-13(19-11)12-16-7-17-20-12/h7-8H,2-6H2,1H3,(H,15,18,19)(H,16,17,20). The molecule has 2 aromatic heterocycles. The van der Waals surface area contributed by atoms with E-state index in [0.29, 0.717) is 17.6 Å². The van der Waals surface area contributed by atoms with Crippen LogP contribution in [0, 0.1) is 0 Å². The van der Waals surface area contributed by atoms with Crippen LogP contribution in [0.2, 0.25) is 0 Å². The molecule has 0 spiro atoms. The molecule has 106 valence electrons. The molecular formula is C13H17BrN6. The second-order valence-corrected chi connectivity index (χ2v) is 5.73. The smallest absolute Gasteiger partial charge is 0.199 e. The first kappa shape index (κ1) is 13.5. The Kier molecular flexibility index (Phi) is 3.95. The van der Waals surface area contributed by atoms with Crippen LogP contribution >= 0.6 is 15.9 Å². The number of H-pyrrole nitrogens is 1. The molecule has 0 aromatic carbocycles. The molecule has 2 heterocycles. The van der Waals surface area contributed by atoms with E-state index in [9.17, 15) is 0 Å². The van der Waals surface area contributed by atoms with Crippen molar-refractivity contribution in [2.75, 3.05) is 11.9 Å². The lowest BCUT2D eigenvalue weighted by molar-refractivity contribution is 0.690. The highest BCUT2D eigenvalue weighted by Gasteiger charge is 2.24. The van der Waals surface area contributed by atoms with Crippen molar-refractivity contribution in [1.82, 2.24) is 25.1 Å². The molecule has 2 aromatic rings. The lowest BCUT2D eigenvalue weighted by atomic mass is 10.0. The second-order valence-electron chi connectivity index (χ2n) is 4.94. The van der Waals surface area contributed by atoms with Crippen molar-refractivity contribution in [3.8, 4) is 11.6 Å². The molecular weight excluding hydrogens is 320 g/mol. The Morgan fingerprint density at radius 2 is 2.15 bits per heavy atom. The topological polar surface area (TPSA) is 79.4 Å². The van der Waals surface area contributed by atoms with Crippen LogP contribution < -0.4 is 5.32 Å². The molecule has 0 bridgehead atoms. The first-order chi connectivity index (χ1) is 9.79. The van der Waals surface area contributed by atoms with Gasteiger partial charge in [-0.05, 0) is 35.7 Å². The number of aromatic nitrogens is 5. The van der Waals surface area contributed by atoms with Gasteiger partial charge in [0.2, 0.25) is 0 Å². The van der Waals surface area contributed by atoms with Gasteiger partial charge in [-0.2, -0.15) is 5.10 Å². The molecule has 1 aliphatic carbocycles. The summed E-state index contributed by atoms with van der Waals surface area (Å²) in [5.41, 5.74) is 1.08. The van der Waals surface area contributed by atoms with E-state index in [4.69, 9.17) is 4.98 Å². The molecule has 6 nitrogen and oxygen atoms in total. The normalized spacial score (nSPS) is 15.7. The zero-order chi connectivity index (χ0) is 13.9. The summed E-state index contributed by atoms with van der Waals surface area (Å²) in [5.74, 6) is 2.54. The average Bonchev–Trinajstić information content (AvgIpc) is 3.14. The van der Waals surface area contributed by atoms with Crippen LogP contribution in [0.1, 0.15) is 44.2 Å². The number of aromatic amines is 1. The predicted octanol–water partition coefficient (Wildman–Crippen LogP) is 3.11. The zero-order valence-electron chi connectivity index (χ0n) is 11.4. The molecule has 1 fully saturated rings. The van der Waals surface area contributed by atoms with E-state index in [0.717, 1.165) is 22.5 Å². The predicted molar refractivity (Wildman–Crippen MR) is 80.5 cm³/mol. The van der Waals surface area contributed by atoms with E-state index in [-0.39, 0.29) is 0 Å². The quantitative estimate of drug-likeness (QED) is 0.896. The van der Waals surface area contributed by atoms with Gasteiger partial charge in [0.1, 0.15) is 12.1 Å². The number of halogens is 1. The molecule has 0 aliphatic heterocycles. The lowest BCUT2D eigenvalue weighted by Crippen LogP contribution is -2.08. The summed E-state index contributed by atoms with van der Waals surface area (Å²) in [6.07, 6.45) is 6.40. The zero-order valence-corrected chi connectivity index (χ0v) is 12.9. The Hall–Kier alpha value is -1.50. The minimum absolute atomic E-state index is 0.506. The van der Waals surface area contributed by atoms with E-state index in [1.165, 1.54) is 32.0 Å². The Bertz CT molecular complexity index is 577. The maximum atomic E-state index is 4.71. The minimum Gasteiger partial charge on any atom is -0.369 e. The van der Waals surface area contributed by atoms with E-state index in [1.54, 1.807) is 0 Å². The minimum atomic E-state index is 0.506. The number of hydrogen-bond donors (Lipinski definition) is 2. The first-order valence-electron chi connectivity index (χ1n) is 6.96. The molecule has 0 atom stereocenters. The fraction of sp³-hybridized carbons (Fsp3) is 0.538. The summed E-state index contributed by atoms with van der Waals surface area (Å²) in [4.78, 5) is 13.4. The largest absolute Gasteiger partial charge is 0.369 e. The Morgan fingerprint density at radius 1 is 1.35 bits per heavy atom. The summed E-state index contributed by atoms with van der Waals surface area (Å²) in [7, 11) is 0. The van der Waals surface area contributed by atoms with Crippen LogP contribution in [0.25, 0.3) is 11.6 Å². The monoisotopic (exact) mass is 336 g/mol. The van der Waals surface area contributed by atoms with Gasteiger partial charge in [-0.3, -0.25) is 5.10 Å². The maximum Gasteiger partial charge on any atom is 0.199 e. The van der Waals surface area contributed by atoms with Crippen molar-refractivity contribution in [3.05, 3.63) is 16.5 Å². The molecule has 7 heteroatoms. The Balaban J connectivity index is 2.07. The number of rotatable bonds is 4. The summed E-state index contributed by atoms with van der Waals surface area (Å²) >= 11 is 3.66. The van der Waals surface area contributed by atoms with E-state index < -0.39 is 0 Å². The molecule has 0 saturated heterocycles. The van der Waals surface area contributed by atoms with Crippen LogP contribution in [0.5, 0.6) is 0 Å². The van der Waals surface area contributed by atoms with Crippen molar-refractivity contribution in [2.45, 2.75) is 38.5 Å². The van der Waals surface area contributed by atoms with Gasteiger partial charge in [-0.25, -0.2) is 15.0 Å². The summed E-state index contributed by atoms with van der Waals surface area (Å²) in [5, 5.41) is 9.99. The molecule has 0 unspecified atom stereocenters. The molecule has 0 radical (unpaired) electrons. The average molecular weight is 337 g/mol. The number of hydrogen-bond acceptors (Lipinski definition) is 5. The van der Waals surface area contributed by atoms with Gasteiger partial charge in [-0.1, -0.05) is 12.8 Å².